The molecule has 0 aliphatic rings. The van der Waals surface area contributed by atoms with Gasteiger partial charge in [-0.1, -0.05) is 11.6 Å². The number of nitrogens with two attached hydrogens (primary N) is 1. The highest BCUT2D eigenvalue weighted by atomic mass is 35.5. The Bertz CT molecular complexity index is 507. The minimum atomic E-state index is 0.539. The molecule has 2 heterocycles. The molecule has 2 aromatic rings. The van der Waals surface area contributed by atoms with Crippen LogP contribution in [0.15, 0.2) is 18.2 Å². The van der Waals surface area contributed by atoms with Crippen molar-refractivity contribution < 1.29 is 0 Å². The fourth-order valence-corrected chi connectivity index (χ4v) is 3.06. The van der Waals surface area contributed by atoms with Gasteiger partial charge in [-0.05, 0) is 18.2 Å². The molecule has 0 saturated carbocycles. The van der Waals surface area contributed by atoms with E-state index in [2.05, 4.69) is 6.07 Å². The number of anilines is 1. The summed E-state index contributed by atoms with van der Waals surface area (Å²) in [7, 11) is 0. The van der Waals surface area contributed by atoms with Crippen molar-refractivity contribution >= 4 is 40.0 Å². The molecule has 0 radical (unpaired) electrons. The second-order valence-electron chi connectivity index (χ2n) is 2.61. The Labute approximate surface area is 94.2 Å². The standard InChI is InChI=1S/C9H5ClN2S2/c10-9-2-1-6(14-9)7-3-5(12)8(4-11)13-7/h1-3H,12H2. The van der Waals surface area contributed by atoms with Gasteiger partial charge >= 0.3 is 0 Å². The first kappa shape index (κ1) is 9.53. The van der Waals surface area contributed by atoms with E-state index in [9.17, 15) is 0 Å². The normalized spacial score (nSPS) is 10.0. The van der Waals surface area contributed by atoms with Crippen LogP contribution in [0.1, 0.15) is 4.88 Å². The Morgan fingerprint density at radius 2 is 2.07 bits per heavy atom. The second kappa shape index (κ2) is 3.62. The summed E-state index contributed by atoms with van der Waals surface area (Å²) >= 11 is 8.69. The minimum absolute atomic E-state index is 0.539. The maximum atomic E-state index is 8.74. The molecule has 2 aromatic heterocycles. The van der Waals surface area contributed by atoms with Gasteiger partial charge in [-0.3, -0.25) is 0 Å². The van der Waals surface area contributed by atoms with Crippen LogP contribution < -0.4 is 5.73 Å². The van der Waals surface area contributed by atoms with Crippen LogP contribution >= 0.6 is 34.3 Å². The summed E-state index contributed by atoms with van der Waals surface area (Å²) < 4.78 is 0.741. The minimum Gasteiger partial charge on any atom is -0.397 e. The van der Waals surface area contributed by atoms with Gasteiger partial charge in [0.15, 0.2) is 0 Å². The topological polar surface area (TPSA) is 49.8 Å². The fraction of sp³-hybridized carbons (Fsp3) is 0. The van der Waals surface area contributed by atoms with Crippen molar-refractivity contribution in [2.45, 2.75) is 0 Å². The van der Waals surface area contributed by atoms with Crippen molar-refractivity contribution in [3.8, 4) is 15.8 Å². The molecule has 0 spiro atoms. The molecule has 0 fully saturated rings. The third kappa shape index (κ3) is 1.62. The summed E-state index contributed by atoms with van der Waals surface area (Å²) in [6.07, 6.45) is 0. The molecule has 0 aliphatic carbocycles. The highest BCUT2D eigenvalue weighted by Gasteiger charge is 2.09. The van der Waals surface area contributed by atoms with E-state index in [-0.39, 0.29) is 0 Å². The number of nitriles is 1. The molecule has 0 aliphatic heterocycles. The van der Waals surface area contributed by atoms with Gasteiger partial charge in [-0.2, -0.15) is 5.26 Å². The van der Waals surface area contributed by atoms with Crippen molar-refractivity contribution in [3.63, 3.8) is 0 Å². The van der Waals surface area contributed by atoms with Gasteiger partial charge in [-0.25, -0.2) is 0 Å². The number of halogens is 1. The molecule has 0 unspecified atom stereocenters. The number of hydrogen-bond acceptors (Lipinski definition) is 4. The maximum Gasteiger partial charge on any atom is 0.128 e. The van der Waals surface area contributed by atoms with E-state index in [4.69, 9.17) is 22.6 Å². The monoisotopic (exact) mass is 240 g/mol. The van der Waals surface area contributed by atoms with Crippen LogP contribution in [0.3, 0.4) is 0 Å². The van der Waals surface area contributed by atoms with Crippen molar-refractivity contribution in [1.29, 1.82) is 5.26 Å². The first-order valence-electron chi connectivity index (χ1n) is 3.76. The second-order valence-corrected chi connectivity index (χ2v) is 5.38. The van der Waals surface area contributed by atoms with E-state index in [1.165, 1.54) is 22.7 Å². The first-order chi connectivity index (χ1) is 6.70. The molecule has 0 saturated heterocycles. The van der Waals surface area contributed by atoms with E-state index in [1.807, 2.05) is 18.2 Å². The molecule has 0 bridgehead atoms. The lowest BCUT2D eigenvalue weighted by atomic mass is 10.3. The Kier molecular flexibility index (Phi) is 2.46. The van der Waals surface area contributed by atoms with Gasteiger partial charge in [-0.15, -0.1) is 22.7 Å². The Morgan fingerprint density at radius 3 is 2.57 bits per heavy atom. The summed E-state index contributed by atoms with van der Waals surface area (Å²) in [4.78, 5) is 2.61. The zero-order chi connectivity index (χ0) is 10.1. The van der Waals surface area contributed by atoms with Gasteiger partial charge in [0.2, 0.25) is 0 Å². The van der Waals surface area contributed by atoms with Crippen molar-refractivity contribution in [1.82, 2.24) is 0 Å². The van der Waals surface area contributed by atoms with Gasteiger partial charge in [0.1, 0.15) is 10.9 Å². The fourth-order valence-electron chi connectivity index (χ4n) is 1.06. The third-order valence-corrected chi connectivity index (χ3v) is 4.16. The molecule has 0 aromatic carbocycles. The maximum absolute atomic E-state index is 8.74. The average Bonchev–Trinajstić information content (AvgIpc) is 2.71. The van der Waals surface area contributed by atoms with E-state index < -0.39 is 0 Å². The van der Waals surface area contributed by atoms with Crippen LogP contribution in [0, 0.1) is 11.3 Å². The Balaban J connectivity index is 2.48. The SMILES string of the molecule is N#Cc1sc(-c2ccc(Cl)s2)cc1N. The summed E-state index contributed by atoms with van der Waals surface area (Å²) in [5.74, 6) is 0. The van der Waals surface area contributed by atoms with Gasteiger partial charge in [0.25, 0.3) is 0 Å². The van der Waals surface area contributed by atoms with Crippen molar-refractivity contribution in [3.05, 3.63) is 27.4 Å². The van der Waals surface area contributed by atoms with Crippen LogP contribution in [-0.2, 0) is 0 Å². The number of thiophene rings is 2. The first-order valence-corrected chi connectivity index (χ1v) is 5.77. The average molecular weight is 241 g/mol. The van der Waals surface area contributed by atoms with E-state index >= 15 is 0 Å². The molecule has 2 nitrogen and oxygen atoms in total. The molecular formula is C9H5ClN2S2. The molecule has 2 N–H and O–H groups in total. The lowest BCUT2D eigenvalue weighted by Gasteiger charge is -1.86. The van der Waals surface area contributed by atoms with Crippen LogP contribution in [0.25, 0.3) is 9.75 Å². The Morgan fingerprint density at radius 1 is 1.29 bits per heavy atom. The lowest BCUT2D eigenvalue weighted by Crippen LogP contribution is -1.81. The van der Waals surface area contributed by atoms with Crippen LogP contribution in [0.5, 0.6) is 0 Å². The zero-order valence-electron chi connectivity index (χ0n) is 6.95. The lowest BCUT2D eigenvalue weighted by molar-refractivity contribution is 1.52. The van der Waals surface area contributed by atoms with Crippen molar-refractivity contribution in [2.24, 2.45) is 0 Å². The highest BCUT2D eigenvalue weighted by molar-refractivity contribution is 7.24. The number of rotatable bonds is 1. The predicted octanol–water partition coefficient (Wildman–Crippen LogP) is 3.58. The number of nitrogen functional groups attached to an aromatic ring is 1. The molecule has 0 amide bonds. The molecule has 5 heteroatoms. The molecule has 70 valence electrons. The van der Waals surface area contributed by atoms with E-state index in [0.717, 1.165) is 14.1 Å². The van der Waals surface area contributed by atoms with Gasteiger partial charge in [0, 0.05) is 9.75 Å². The quantitative estimate of drug-likeness (QED) is 0.828. The summed E-state index contributed by atoms with van der Waals surface area (Å²) in [6.45, 7) is 0. The van der Waals surface area contributed by atoms with Gasteiger partial charge in [0.05, 0.1) is 10.0 Å². The Hall–Kier alpha value is -1.02. The molecule has 2 rings (SSSR count). The van der Waals surface area contributed by atoms with Crippen molar-refractivity contribution in [2.75, 3.05) is 5.73 Å². The number of nitrogens with zero attached hydrogens (tertiary/aromatic N) is 1. The van der Waals surface area contributed by atoms with Crippen LogP contribution in [0.2, 0.25) is 4.34 Å². The van der Waals surface area contributed by atoms with E-state index in [0.29, 0.717) is 10.6 Å². The molecular weight excluding hydrogens is 236 g/mol. The largest absolute Gasteiger partial charge is 0.397 e. The third-order valence-electron chi connectivity index (χ3n) is 1.68. The highest BCUT2D eigenvalue weighted by Crippen LogP contribution is 2.37. The van der Waals surface area contributed by atoms with Gasteiger partial charge < -0.3 is 5.73 Å². The smallest absolute Gasteiger partial charge is 0.128 e. The molecule has 14 heavy (non-hydrogen) atoms. The molecule has 0 atom stereocenters. The zero-order valence-corrected chi connectivity index (χ0v) is 9.34. The number of hydrogen-bond donors (Lipinski definition) is 1. The van der Waals surface area contributed by atoms with Crippen LogP contribution in [0.4, 0.5) is 5.69 Å². The summed E-state index contributed by atoms with van der Waals surface area (Å²) in [6, 6.07) is 7.64. The van der Waals surface area contributed by atoms with E-state index in [1.54, 1.807) is 0 Å². The summed E-state index contributed by atoms with van der Waals surface area (Å²) in [5, 5.41) is 8.74. The summed E-state index contributed by atoms with van der Waals surface area (Å²) in [5.41, 5.74) is 6.19. The van der Waals surface area contributed by atoms with Crippen LogP contribution in [-0.4, -0.2) is 0 Å². The predicted molar refractivity (Wildman–Crippen MR) is 61.8 cm³/mol.